The molecule has 0 bridgehead atoms. The van der Waals surface area contributed by atoms with Gasteiger partial charge in [-0.15, -0.1) is 0 Å². The first-order chi connectivity index (χ1) is 11.3. The molecule has 0 aliphatic rings. The molecule has 2 aromatic carbocycles. The fraction of sp³-hybridized carbons (Fsp3) is 0.294. The van der Waals surface area contributed by atoms with Crippen LogP contribution in [0.15, 0.2) is 53.4 Å². The minimum absolute atomic E-state index is 0.0134. The van der Waals surface area contributed by atoms with Crippen molar-refractivity contribution in [1.82, 2.24) is 4.72 Å². The maximum atomic E-state index is 14.1. The molecule has 0 aliphatic heterocycles. The van der Waals surface area contributed by atoms with Gasteiger partial charge in [0.05, 0.1) is 7.11 Å². The number of halogens is 1. The van der Waals surface area contributed by atoms with Crippen molar-refractivity contribution in [2.45, 2.75) is 17.4 Å². The molecule has 24 heavy (non-hydrogen) atoms. The summed E-state index contributed by atoms with van der Waals surface area (Å²) in [5.74, 6) is -0.228. The Morgan fingerprint density at radius 1 is 1.08 bits per heavy atom. The van der Waals surface area contributed by atoms with Gasteiger partial charge in [0.25, 0.3) is 0 Å². The van der Waals surface area contributed by atoms with Crippen molar-refractivity contribution in [3.63, 3.8) is 0 Å². The van der Waals surface area contributed by atoms with Gasteiger partial charge in [-0.2, -0.15) is 0 Å². The predicted octanol–water partition coefficient (Wildman–Crippen LogP) is 2.67. The van der Waals surface area contributed by atoms with Gasteiger partial charge in [0.2, 0.25) is 10.0 Å². The molecule has 1 N–H and O–H groups in total. The SMILES string of the molecule is COc1ccccc1S(=O)(=O)NCC(C)(OC)c1ccccc1F. The van der Waals surface area contributed by atoms with E-state index in [1.54, 1.807) is 43.3 Å². The molecule has 0 saturated heterocycles. The third-order valence-electron chi connectivity index (χ3n) is 3.85. The van der Waals surface area contributed by atoms with E-state index < -0.39 is 21.4 Å². The minimum Gasteiger partial charge on any atom is -0.495 e. The second-order valence-electron chi connectivity index (χ2n) is 5.39. The van der Waals surface area contributed by atoms with Crippen molar-refractivity contribution in [3.8, 4) is 5.75 Å². The van der Waals surface area contributed by atoms with Crippen LogP contribution in [0.5, 0.6) is 5.75 Å². The van der Waals surface area contributed by atoms with Crippen LogP contribution in [-0.4, -0.2) is 29.2 Å². The lowest BCUT2D eigenvalue weighted by molar-refractivity contribution is 0.00409. The lowest BCUT2D eigenvalue weighted by Crippen LogP contribution is -2.40. The van der Waals surface area contributed by atoms with Crippen LogP contribution in [0.4, 0.5) is 4.39 Å². The summed E-state index contributed by atoms with van der Waals surface area (Å²) in [7, 11) is -1.04. The van der Waals surface area contributed by atoms with E-state index in [0.717, 1.165) is 0 Å². The summed E-state index contributed by atoms with van der Waals surface area (Å²) in [5.41, 5.74) is -0.879. The Morgan fingerprint density at radius 2 is 1.71 bits per heavy atom. The molecule has 2 aromatic rings. The third-order valence-corrected chi connectivity index (χ3v) is 5.29. The number of sulfonamides is 1. The van der Waals surface area contributed by atoms with Crippen LogP contribution in [-0.2, 0) is 20.4 Å². The van der Waals surface area contributed by atoms with Crippen molar-refractivity contribution in [2.24, 2.45) is 0 Å². The summed E-state index contributed by atoms with van der Waals surface area (Å²) in [6.07, 6.45) is 0. The quantitative estimate of drug-likeness (QED) is 0.831. The molecule has 0 aliphatic carbocycles. The summed E-state index contributed by atoms with van der Waals surface area (Å²) in [6, 6.07) is 12.4. The largest absolute Gasteiger partial charge is 0.495 e. The van der Waals surface area contributed by atoms with Crippen LogP contribution < -0.4 is 9.46 Å². The molecule has 0 spiro atoms. The predicted molar refractivity (Wildman–Crippen MR) is 88.9 cm³/mol. The summed E-state index contributed by atoms with van der Waals surface area (Å²) in [5, 5.41) is 0. The smallest absolute Gasteiger partial charge is 0.244 e. The van der Waals surface area contributed by atoms with Crippen molar-refractivity contribution in [2.75, 3.05) is 20.8 Å². The van der Waals surface area contributed by atoms with Crippen molar-refractivity contribution >= 4 is 10.0 Å². The lowest BCUT2D eigenvalue weighted by atomic mass is 9.95. The standard InChI is InChI=1S/C17H20FNO4S/c1-17(23-3,13-8-4-5-9-14(13)18)12-19-24(20,21)16-11-7-6-10-15(16)22-2/h4-11,19H,12H2,1-3H3. The highest BCUT2D eigenvalue weighted by Gasteiger charge is 2.31. The molecule has 1 atom stereocenters. The molecular formula is C17H20FNO4S. The normalized spacial score (nSPS) is 14.2. The zero-order valence-corrected chi connectivity index (χ0v) is 14.6. The van der Waals surface area contributed by atoms with Gasteiger partial charge in [-0.1, -0.05) is 30.3 Å². The summed E-state index contributed by atoms with van der Waals surface area (Å²) in [4.78, 5) is 0.0134. The third kappa shape index (κ3) is 3.75. The van der Waals surface area contributed by atoms with Crippen LogP contribution >= 0.6 is 0 Å². The molecular weight excluding hydrogens is 333 g/mol. The number of rotatable bonds is 7. The van der Waals surface area contributed by atoms with E-state index in [1.807, 2.05) is 0 Å². The second-order valence-corrected chi connectivity index (χ2v) is 7.13. The van der Waals surface area contributed by atoms with Gasteiger partial charge in [-0.05, 0) is 25.1 Å². The maximum Gasteiger partial charge on any atom is 0.244 e. The highest BCUT2D eigenvalue weighted by Crippen LogP contribution is 2.28. The fourth-order valence-corrected chi connectivity index (χ4v) is 3.61. The number of hydrogen-bond acceptors (Lipinski definition) is 4. The summed E-state index contributed by atoms with van der Waals surface area (Å²) < 4.78 is 52.1. The van der Waals surface area contributed by atoms with Crippen LogP contribution in [0.25, 0.3) is 0 Å². The Kier molecular flexibility index (Phi) is 5.58. The molecule has 0 heterocycles. The Labute approximate surface area is 141 Å². The van der Waals surface area contributed by atoms with E-state index in [2.05, 4.69) is 4.72 Å². The Morgan fingerprint density at radius 3 is 2.33 bits per heavy atom. The van der Waals surface area contributed by atoms with E-state index >= 15 is 0 Å². The number of nitrogens with one attached hydrogen (secondary N) is 1. The van der Waals surface area contributed by atoms with Crippen LogP contribution in [0.2, 0.25) is 0 Å². The zero-order valence-electron chi connectivity index (χ0n) is 13.7. The van der Waals surface area contributed by atoms with E-state index in [-0.39, 0.29) is 22.8 Å². The Hall–Kier alpha value is -1.96. The first kappa shape index (κ1) is 18.4. The van der Waals surface area contributed by atoms with Gasteiger partial charge in [-0.25, -0.2) is 17.5 Å². The van der Waals surface area contributed by atoms with Crippen LogP contribution in [0.3, 0.4) is 0 Å². The summed E-state index contributed by atoms with van der Waals surface area (Å²) >= 11 is 0. The number of methoxy groups -OCH3 is 2. The van der Waals surface area contributed by atoms with Gasteiger partial charge in [0.15, 0.2) is 0 Å². The summed E-state index contributed by atoms with van der Waals surface area (Å²) in [6.45, 7) is 1.49. The second kappa shape index (κ2) is 7.29. The van der Waals surface area contributed by atoms with Gasteiger partial charge in [0.1, 0.15) is 22.1 Å². The van der Waals surface area contributed by atoms with Gasteiger partial charge < -0.3 is 9.47 Å². The molecule has 0 aromatic heterocycles. The lowest BCUT2D eigenvalue weighted by Gasteiger charge is -2.29. The molecule has 130 valence electrons. The highest BCUT2D eigenvalue weighted by atomic mass is 32.2. The Bertz CT molecular complexity index is 810. The molecule has 0 radical (unpaired) electrons. The van der Waals surface area contributed by atoms with Gasteiger partial charge >= 0.3 is 0 Å². The number of para-hydroxylation sites is 1. The fourth-order valence-electron chi connectivity index (χ4n) is 2.32. The van der Waals surface area contributed by atoms with Crippen LogP contribution in [0.1, 0.15) is 12.5 Å². The Balaban J connectivity index is 2.29. The average Bonchev–Trinajstić information content (AvgIpc) is 2.60. The van der Waals surface area contributed by atoms with E-state index in [1.165, 1.54) is 26.4 Å². The first-order valence-corrected chi connectivity index (χ1v) is 8.75. The van der Waals surface area contributed by atoms with Crippen LogP contribution in [0, 0.1) is 5.82 Å². The zero-order chi connectivity index (χ0) is 17.8. The number of hydrogen-bond donors (Lipinski definition) is 1. The van der Waals surface area contributed by atoms with Crippen molar-refractivity contribution in [3.05, 3.63) is 59.9 Å². The van der Waals surface area contributed by atoms with E-state index in [0.29, 0.717) is 0 Å². The highest BCUT2D eigenvalue weighted by molar-refractivity contribution is 7.89. The molecule has 0 saturated carbocycles. The number of ether oxygens (including phenoxy) is 2. The van der Waals surface area contributed by atoms with Gasteiger partial charge in [0, 0.05) is 19.2 Å². The number of benzene rings is 2. The molecule has 7 heteroatoms. The molecule has 0 fully saturated rings. The topological polar surface area (TPSA) is 64.6 Å². The monoisotopic (exact) mass is 353 g/mol. The minimum atomic E-state index is -3.84. The van der Waals surface area contributed by atoms with E-state index in [4.69, 9.17) is 9.47 Å². The van der Waals surface area contributed by atoms with Crippen molar-refractivity contribution < 1.29 is 22.3 Å². The maximum absolute atomic E-state index is 14.1. The molecule has 0 amide bonds. The average molecular weight is 353 g/mol. The van der Waals surface area contributed by atoms with E-state index in [9.17, 15) is 12.8 Å². The molecule has 1 unspecified atom stereocenters. The van der Waals surface area contributed by atoms with Crippen molar-refractivity contribution in [1.29, 1.82) is 0 Å². The first-order valence-electron chi connectivity index (χ1n) is 7.27. The van der Waals surface area contributed by atoms with Gasteiger partial charge in [-0.3, -0.25) is 0 Å². The molecule has 2 rings (SSSR count). The molecule has 5 nitrogen and oxygen atoms in total.